The molecule has 2 aromatic rings. The van der Waals surface area contributed by atoms with Gasteiger partial charge in [-0.2, -0.15) is 0 Å². The van der Waals surface area contributed by atoms with E-state index in [0.29, 0.717) is 0 Å². The zero-order chi connectivity index (χ0) is 23.4. The van der Waals surface area contributed by atoms with Gasteiger partial charge in [-0.15, -0.1) is 0 Å². The fraction of sp³-hybridized carbons (Fsp3) is 0.600. The Morgan fingerprint density at radius 1 is 0.455 bits per heavy atom. The van der Waals surface area contributed by atoms with Crippen LogP contribution in [-0.4, -0.2) is 7.69 Å². The average Bonchev–Trinajstić information content (AvgIpc) is 2.85. The molecule has 33 heavy (non-hydrogen) atoms. The number of unbranched alkanes of at least 4 members (excludes halogenated alkanes) is 12. The van der Waals surface area contributed by atoms with Crippen molar-refractivity contribution in [2.75, 3.05) is 0 Å². The summed E-state index contributed by atoms with van der Waals surface area (Å²) in [6.45, 7) is 4.55. The van der Waals surface area contributed by atoms with Crippen molar-refractivity contribution in [2.45, 2.75) is 117 Å². The smallest absolute Gasteiger partial charge is 0.529 e. The Labute approximate surface area is 204 Å². The van der Waals surface area contributed by atoms with Crippen LogP contribution in [0.25, 0.3) is 0 Å². The summed E-state index contributed by atoms with van der Waals surface area (Å²) < 4.78 is 11.5. The molecule has 0 radical (unpaired) electrons. The van der Waals surface area contributed by atoms with Gasteiger partial charge in [-0.25, -0.2) is 0 Å². The highest BCUT2D eigenvalue weighted by atomic mass is 16.6. The minimum Gasteiger partial charge on any atom is -0.529 e. The van der Waals surface area contributed by atoms with E-state index in [1.165, 1.54) is 101 Å². The van der Waals surface area contributed by atoms with Gasteiger partial charge in [0.25, 0.3) is 0 Å². The Morgan fingerprint density at radius 3 is 1.15 bits per heavy atom. The third-order valence-corrected chi connectivity index (χ3v) is 6.44. The fourth-order valence-corrected chi connectivity index (χ4v) is 4.24. The third kappa shape index (κ3) is 13.4. The van der Waals surface area contributed by atoms with E-state index in [1.54, 1.807) is 0 Å². The lowest BCUT2D eigenvalue weighted by Crippen LogP contribution is -2.10. The van der Waals surface area contributed by atoms with E-state index in [9.17, 15) is 0 Å². The Bertz CT molecular complexity index is 635. The first-order chi connectivity index (χ1) is 16.3. The number of rotatable bonds is 20. The molecule has 0 fully saturated rings. The summed E-state index contributed by atoms with van der Waals surface area (Å²) in [6, 6.07) is 17.0. The van der Waals surface area contributed by atoms with E-state index in [1.807, 2.05) is 0 Å². The molecule has 3 heteroatoms. The standard InChI is InChI=1S/C30H47BO2/c1-3-5-7-9-11-13-15-17-27-19-23-29(24-20-27)32-31-33-30-25-21-28(22-26-30)18-16-14-12-10-8-6-4-2/h19-26,31H,3-18H2,1-2H3. The summed E-state index contributed by atoms with van der Waals surface area (Å²) in [5.74, 6) is 1.74. The van der Waals surface area contributed by atoms with Crippen LogP contribution in [0.2, 0.25) is 0 Å². The second kappa shape index (κ2) is 18.5. The summed E-state index contributed by atoms with van der Waals surface area (Å²) in [4.78, 5) is 0. The lowest BCUT2D eigenvalue weighted by Gasteiger charge is -2.09. The van der Waals surface area contributed by atoms with Gasteiger partial charge in [0.15, 0.2) is 0 Å². The van der Waals surface area contributed by atoms with E-state index in [2.05, 4.69) is 62.4 Å². The summed E-state index contributed by atoms with van der Waals surface area (Å²) in [7, 11) is 0.244. The van der Waals surface area contributed by atoms with Gasteiger partial charge in [0.1, 0.15) is 11.5 Å². The lowest BCUT2D eigenvalue weighted by atomic mass is 10.0. The molecular formula is C30H47BO2. The van der Waals surface area contributed by atoms with Crippen molar-refractivity contribution in [3.63, 3.8) is 0 Å². The Morgan fingerprint density at radius 2 is 0.788 bits per heavy atom. The first kappa shape index (κ1) is 27.4. The predicted molar refractivity (Wildman–Crippen MR) is 145 cm³/mol. The fourth-order valence-electron chi connectivity index (χ4n) is 4.24. The van der Waals surface area contributed by atoms with E-state index < -0.39 is 0 Å². The van der Waals surface area contributed by atoms with Gasteiger partial charge in [0.2, 0.25) is 0 Å². The number of hydrogen-bond acceptors (Lipinski definition) is 2. The maximum Gasteiger partial charge on any atom is 0.576 e. The van der Waals surface area contributed by atoms with Crippen LogP contribution in [0.3, 0.4) is 0 Å². The predicted octanol–water partition coefficient (Wildman–Crippen LogP) is 9.00. The molecule has 0 heterocycles. The van der Waals surface area contributed by atoms with Crippen LogP contribution >= 0.6 is 0 Å². The highest BCUT2D eigenvalue weighted by Crippen LogP contribution is 2.17. The van der Waals surface area contributed by atoms with Crippen LogP contribution in [0, 0.1) is 0 Å². The van der Waals surface area contributed by atoms with Crippen molar-refractivity contribution in [1.82, 2.24) is 0 Å². The van der Waals surface area contributed by atoms with Crippen LogP contribution in [0.5, 0.6) is 11.5 Å². The van der Waals surface area contributed by atoms with Crippen LogP contribution in [-0.2, 0) is 12.8 Å². The average molecular weight is 451 g/mol. The molecule has 0 saturated carbocycles. The molecule has 0 amide bonds. The van der Waals surface area contributed by atoms with Crippen molar-refractivity contribution in [3.05, 3.63) is 59.7 Å². The number of hydrogen-bond donors (Lipinski definition) is 0. The minimum atomic E-state index is 0.244. The van der Waals surface area contributed by atoms with Gasteiger partial charge in [-0.3, -0.25) is 0 Å². The third-order valence-electron chi connectivity index (χ3n) is 6.44. The maximum absolute atomic E-state index is 5.77. The highest BCUT2D eigenvalue weighted by molar-refractivity contribution is 6.20. The Kier molecular flexibility index (Phi) is 15.4. The van der Waals surface area contributed by atoms with E-state index >= 15 is 0 Å². The highest BCUT2D eigenvalue weighted by Gasteiger charge is 2.02. The van der Waals surface area contributed by atoms with Crippen LogP contribution in [0.15, 0.2) is 48.5 Å². The van der Waals surface area contributed by atoms with Crippen LogP contribution < -0.4 is 9.31 Å². The van der Waals surface area contributed by atoms with Gasteiger partial charge in [0.05, 0.1) is 0 Å². The monoisotopic (exact) mass is 450 g/mol. The van der Waals surface area contributed by atoms with E-state index in [0.717, 1.165) is 24.3 Å². The molecular weight excluding hydrogens is 403 g/mol. The first-order valence-corrected chi connectivity index (χ1v) is 13.7. The summed E-state index contributed by atoms with van der Waals surface area (Å²) in [5, 5.41) is 0. The van der Waals surface area contributed by atoms with Crippen molar-refractivity contribution < 1.29 is 9.31 Å². The molecule has 0 saturated heterocycles. The van der Waals surface area contributed by atoms with Crippen molar-refractivity contribution >= 4 is 7.69 Å². The summed E-state index contributed by atoms with van der Waals surface area (Å²) in [5.41, 5.74) is 2.79. The van der Waals surface area contributed by atoms with Crippen molar-refractivity contribution in [3.8, 4) is 11.5 Å². The zero-order valence-corrected chi connectivity index (χ0v) is 21.5. The van der Waals surface area contributed by atoms with E-state index in [4.69, 9.17) is 9.31 Å². The second-order valence-corrected chi connectivity index (χ2v) is 9.44. The molecule has 2 rings (SSSR count). The molecule has 2 aromatic carbocycles. The largest absolute Gasteiger partial charge is 0.576 e. The van der Waals surface area contributed by atoms with Gasteiger partial charge >= 0.3 is 7.69 Å². The maximum atomic E-state index is 5.77. The van der Waals surface area contributed by atoms with Crippen LogP contribution in [0.4, 0.5) is 0 Å². The SMILES string of the molecule is CCCCCCCCCc1ccc(OBOc2ccc(CCCCCCCCC)cc2)cc1. The molecule has 182 valence electrons. The molecule has 2 nitrogen and oxygen atoms in total. The molecule has 0 aliphatic carbocycles. The minimum absolute atomic E-state index is 0.244. The van der Waals surface area contributed by atoms with Gasteiger partial charge in [-0.05, 0) is 61.1 Å². The van der Waals surface area contributed by atoms with E-state index in [-0.39, 0.29) is 7.69 Å². The van der Waals surface area contributed by atoms with Gasteiger partial charge in [0, 0.05) is 0 Å². The topological polar surface area (TPSA) is 18.5 Å². The lowest BCUT2D eigenvalue weighted by molar-refractivity contribution is 0.458. The molecule has 0 aliphatic heterocycles. The zero-order valence-electron chi connectivity index (χ0n) is 21.5. The Hall–Kier alpha value is -1.90. The first-order valence-electron chi connectivity index (χ1n) is 13.7. The Balaban J connectivity index is 1.54. The second-order valence-electron chi connectivity index (χ2n) is 9.44. The van der Waals surface area contributed by atoms with Crippen LogP contribution in [0.1, 0.15) is 115 Å². The summed E-state index contributed by atoms with van der Waals surface area (Å²) >= 11 is 0. The quantitative estimate of drug-likeness (QED) is 0.148. The number of benzene rings is 2. The molecule has 0 N–H and O–H groups in total. The normalized spacial score (nSPS) is 10.8. The molecule has 0 atom stereocenters. The van der Waals surface area contributed by atoms with Gasteiger partial charge < -0.3 is 9.31 Å². The molecule has 0 aliphatic rings. The van der Waals surface area contributed by atoms with Crippen molar-refractivity contribution in [2.24, 2.45) is 0 Å². The number of aryl methyl sites for hydroxylation is 2. The molecule has 0 bridgehead atoms. The van der Waals surface area contributed by atoms with Gasteiger partial charge in [-0.1, -0.05) is 115 Å². The molecule has 0 unspecified atom stereocenters. The summed E-state index contributed by atoms with van der Waals surface area (Å²) in [6.07, 6.45) is 21.3. The molecule has 0 spiro atoms. The van der Waals surface area contributed by atoms with Crippen molar-refractivity contribution in [1.29, 1.82) is 0 Å². The molecule has 0 aromatic heterocycles.